The van der Waals surface area contributed by atoms with E-state index in [1.54, 1.807) is 6.92 Å². The van der Waals surface area contributed by atoms with E-state index in [0.717, 1.165) is 54.5 Å². The molecular weight excluding hydrogens is 413 g/mol. The summed E-state index contributed by atoms with van der Waals surface area (Å²) in [5, 5.41) is 9.34. The van der Waals surface area contributed by atoms with Gasteiger partial charge in [-0.15, -0.1) is 10.2 Å². The second kappa shape index (κ2) is 8.15. The number of hydrogen-bond donors (Lipinski definition) is 0. The first-order valence-corrected chi connectivity index (χ1v) is 10.1. The minimum Gasteiger partial charge on any atom is -0.306 e. The molecule has 1 aliphatic heterocycles. The number of rotatable bonds is 3. The highest BCUT2D eigenvalue weighted by Crippen LogP contribution is 2.39. The van der Waals surface area contributed by atoms with Crippen LogP contribution in [-0.2, 0) is 6.18 Å². The van der Waals surface area contributed by atoms with Crippen molar-refractivity contribution in [3.05, 3.63) is 58.7 Å². The summed E-state index contributed by atoms with van der Waals surface area (Å²) in [5.74, 6) is 0.296. The number of fused-ring (bicyclic) bond motifs is 1. The van der Waals surface area contributed by atoms with Crippen LogP contribution in [0.5, 0.6) is 0 Å². The molecule has 3 aromatic rings. The van der Waals surface area contributed by atoms with Gasteiger partial charge in [0.1, 0.15) is 0 Å². The summed E-state index contributed by atoms with van der Waals surface area (Å²) in [6.45, 7) is 3.69. The monoisotopic (exact) mass is 435 g/mol. The fourth-order valence-electron chi connectivity index (χ4n) is 4.42. The Morgan fingerprint density at radius 3 is 2.55 bits per heavy atom. The van der Waals surface area contributed by atoms with Gasteiger partial charge in [-0.1, -0.05) is 24.3 Å². The van der Waals surface area contributed by atoms with Gasteiger partial charge in [-0.05, 0) is 62.5 Å². The minimum atomic E-state index is -4.70. The van der Waals surface area contributed by atoms with Crippen molar-refractivity contribution in [2.45, 2.75) is 38.3 Å². The lowest BCUT2D eigenvalue weighted by Crippen LogP contribution is -2.31. The van der Waals surface area contributed by atoms with Crippen molar-refractivity contribution in [3.8, 4) is 11.3 Å². The molecule has 0 N–H and O–H groups in total. The molecule has 0 unspecified atom stereocenters. The van der Waals surface area contributed by atoms with Crippen molar-refractivity contribution in [2.24, 2.45) is 0 Å². The van der Waals surface area contributed by atoms with E-state index in [-0.39, 0.29) is 11.3 Å². The third-order valence-corrected chi connectivity index (χ3v) is 6.01. The molecule has 8 heteroatoms. The Bertz CT molecular complexity index is 1110. The summed E-state index contributed by atoms with van der Waals surface area (Å²) in [6, 6.07) is 8.15. The predicted octanol–water partition coefficient (Wildman–Crippen LogP) is 6.37. The molecule has 1 fully saturated rings. The van der Waals surface area contributed by atoms with Gasteiger partial charge in [0.2, 0.25) is 0 Å². The van der Waals surface area contributed by atoms with E-state index in [9.17, 15) is 22.0 Å². The molecule has 1 atom stereocenters. The lowest BCUT2D eigenvalue weighted by atomic mass is 9.88. The lowest BCUT2D eigenvalue weighted by Gasteiger charge is -2.30. The van der Waals surface area contributed by atoms with Gasteiger partial charge in [-0.3, -0.25) is 0 Å². The van der Waals surface area contributed by atoms with Crippen LogP contribution >= 0.6 is 0 Å². The highest BCUT2D eigenvalue weighted by atomic mass is 19.4. The average Bonchev–Trinajstić information content (AvgIpc) is 2.73. The van der Waals surface area contributed by atoms with Crippen LogP contribution in [0.3, 0.4) is 0 Å². The van der Waals surface area contributed by atoms with Crippen LogP contribution in [0.4, 0.5) is 22.0 Å². The summed E-state index contributed by atoms with van der Waals surface area (Å²) in [6.07, 6.45) is -5.67. The number of aromatic nitrogens is 2. The Morgan fingerprint density at radius 2 is 1.87 bits per heavy atom. The summed E-state index contributed by atoms with van der Waals surface area (Å²) >= 11 is 0. The number of likely N-dealkylation sites (N-methyl/N-ethyl adjacent to an activating group) is 1. The van der Waals surface area contributed by atoms with Crippen LogP contribution in [0.1, 0.15) is 47.4 Å². The molecule has 0 radical (unpaired) electrons. The normalized spacial score (nSPS) is 18.1. The molecule has 0 spiro atoms. The van der Waals surface area contributed by atoms with E-state index in [1.165, 1.54) is 0 Å². The van der Waals surface area contributed by atoms with E-state index in [0.29, 0.717) is 17.5 Å². The number of benzene rings is 2. The van der Waals surface area contributed by atoms with E-state index in [2.05, 4.69) is 22.1 Å². The van der Waals surface area contributed by atoms with Crippen molar-refractivity contribution in [2.75, 3.05) is 20.1 Å². The Labute approximate surface area is 176 Å². The van der Waals surface area contributed by atoms with Crippen molar-refractivity contribution in [1.29, 1.82) is 0 Å². The van der Waals surface area contributed by atoms with Crippen LogP contribution in [0, 0.1) is 6.92 Å². The molecule has 3 nitrogen and oxygen atoms in total. The van der Waals surface area contributed by atoms with E-state index >= 15 is 0 Å². The fourth-order valence-corrected chi connectivity index (χ4v) is 4.42. The quantitative estimate of drug-likeness (QED) is 0.448. The van der Waals surface area contributed by atoms with Gasteiger partial charge in [-0.2, -0.15) is 13.2 Å². The maximum atomic E-state index is 13.7. The van der Waals surface area contributed by atoms with Gasteiger partial charge < -0.3 is 4.90 Å². The summed E-state index contributed by atoms with van der Waals surface area (Å²) in [5.41, 5.74) is 0.741. The number of alkyl halides is 5. The summed E-state index contributed by atoms with van der Waals surface area (Å²) < 4.78 is 66.4. The molecule has 0 saturated carbocycles. The zero-order chi connectivity index (χ0) is 22.3. The SMILES string of the molecule is Cc1c(-c2ccc(C(F)(F)F)cc2C(F)F)nnc2c([C@H]3CCCN(C)C3)cccc12. The topological polar surface area (TPSA) is 29.0 Å². The lowest BCUT2D eigenvalue weighted by molar-refractivity contribution is -0.137. The van der Waals surface area contributed by atoms with E-state index in [1.807, 2.05) is 18.2 Å². The van der Waals surface area contributed by atoms with Crippen LogP contribution in [0.15, 0.2) is 36.4 Å². The summed E-state index contributed by atoms with van der Waals surface area (Å²) in [7, 11) is 2.07. The van der Waals surface area contributed by atoms with Crippen molar-refractivity contribution in [3.63, 3.8) is 0 Å². The van der Waals surface area contributed by atoms with Crippen molar-refractivity contribution in [1.82, 2.24) is 15.1 Å². The number of nitrogens with zero attached hydrogens (tertiary/aromatic N) is 3. The molecule has 31 heavy (non-hydrogen) atoms. The van der Waals surface area contributed by atoms with Crippen LogP contribution in [0.25, 0.3) is 22.2 Å². The molecular formula is C23H22F5N3. The molecule has 164 valence electrons. The highest BCUT2D eigenvalue weighted by Gasteiger charge is 2.32. The first-order chi connectivity index (χ1) is 14.7. The Morgan fingerprint density at radius 1 is 1.10 bits per heavy atom. The van der Waals surface area contributed by atoms with Gasteiger partial charge >= 0.3 is 6.18 Å². The van der Waals surface area contributed by atoms with Crippen LogP contribution in [0.2, 0.25) is 0 Å². The Kier molecular flexibility index (Phi) is 5.68. The molecule has 0 aliphatic carbocycles. The number of halogens is 5. The third kappa shape index (κ3) is 4.13. The molecule has 1 aliphatic rings. The van der Waals surface area contributed by atoms with Gasteiger partial charge in [-0.25, -0.2) is 8.78 Å². The standard InChI is InChI=1S/C23H22F5N3/c1-13-16-6-3-7-17(14-5-4-10-31(2)12-14)21(16)30-29-20(13)18-9-8-15(23(26,27)28)11-19(18)22(24)25/h3,6-9,11,14,22H,4-5,10,12H2,1-2H3/t14-/m0/s1. The number of likely N-dealkylation sites (tertiary alicyclic amines) is 1. The molecule has 4 rings (SSSR count). The number of piperidine rings is 1. The first kappa shape index (κ1) is 21.6. The second-order valence-electron chi connectivity index (χ2n) is 8.12. The first-order valence-electron chi connectivity index (χ1n) is 10.1. The van der Waals surface area contributed by atoms with Crippen LogP contribution < -0.4 is 0 Å². The van der Waals surface area contributed by atoms with Gasteiger partial charge in [0.15, 0.2) is 0 Å². The maximum absolute atomic E-state index is 13.7. The smallest absolute Gasteiger partial charge is 0.306 e. The zero-order valence-corrected chi connectivity index (χ0v) is 17.2. The number of hydrogen-bond acceptors (Lipinski definition) is 3. The highest BCUT2D eigenvalue weighted by molar-refractivity contribution is 5.89. The predicted molar refractivity (Wildman–Crippen MR) is 109 cm³/mol. The zero-order valence-electron chi connectivity index (χ0n) is 17.2. The van der Waals surface area contributed by atoms with E-state index < -0.39 is 23.7 Å². The Hall–Kier alpha value is -2.61. The van der Waals surface area contributed by atoms with Gasteiger partial charge in [0.05, 0.1) is 16.8 Å². The minimum absolute atomic E-state index is 0.0299. The Balaban J connectivity index is 1.84. The molecule has 2 aromatic carbocycles. The number of aryl methyl sites for hydroxylation is 1. The largest absolute Gasteiger partial charge is 0.416 e. The summed E-state index contributed by atoms with van der Waals surface area (Å²) in [4.78, 5) is 2.26. The fraction of sp³-hybridized carbons (Fsp3) is 0.391. The maximum Gasteiger partial charge on any atom is 0.416 e. The molecule has 2 heterocycles. The molecule has 1 aromatic heterocycles. The molecule has 0 amide bonds. The average molecular weight is 435 g/mol. The second-order valence-corrected chi connectivity index (χ2v) is 8.12. The third-order valence-electron chi connectivity index (χ3n) is 6.01. The van der Waals surface area contributed by atoms with E-state index in [4.69, 9.17) is 0 Å². The van der Waals surface area contributed by atoms with Gasteiger partial charge in [0, 0.05) is 23.1 Å². The molecule has 1 saturated heterocycles. The van der Waals surface area contributed by atoms with Crippen molar-refractivity contribution < 1.29 is 22.0 Å². The van der Waals surface area contributed by atoms with Crippen LogP contribution in [-0.4, -0.2) is 35.2 Å². The van der Waals surface area contributed by atoms with Gasteiger partial charge in [0.25, 0.3) is 6.43 Å². The van der Waals surface area contributed by atoms with Crippen molar-refractivity contribution >= 4 is 10.9 Å². The molecule has 0 bridgehead atoms.